The maximum absolute atomic E-state index is 3.32. The summed E-state index contributed by atoms with van der Waals surface area (Å²) in [6.07, 6.45) is 2.16. The minimum Gasteiger partial charge on any atom is -0.144 e. The van der Waals surface area contributed by atoms with Gasteiger partial charge in [0.25, 0.3) is 0 Å². The topological polar surface area (TPSA) is 0 Å². The van der Waals surface area contributed by atoms with Gasteiger partial charge in [0.2, 0.25) is 0 Å². The molecule has 2 heteroatoms. The van der Waals surface area contributed by atoms with Gasteiger partial charge in [-0.25, -0.2) is 0 Å². The fourth-order valence-corrected chi connectivity index (χ4v) is 3.25. The van der Waals surface area contributed by atoms with Gasteiger partial charge in [0, 0.05) is 20.9 Å². The Balaban J connectivity index is 1.96. The van der Waals surface area contributed by atoms with Crippen molar-refractivity contribution < 1.29 is 0 Å². The van der Waals surface area contributed by atoms with Crippen LogP contribution in [0.2, 0.25) is 0 Å². The number of aryl methyl sites for hydroxylation is 1. The predicted octanol–water partition coefficient (Wildman–Crippen LogP) is 5.71. The summed E-state index contributed by atoms with van der Waals surface area (Å²) in [5, 5.41) is 4.18. The number of hydrogen-bond acceptors (Lipinski definition) is 2. The highest BCUT2D eigenvalue weighted by Gasteiger charge is 2.00. The Morgan fingerprint density at radius 1 is 0.952 bits per heavy atom. The minimum absolute atomic E-state index is 1.05. The standard InChI is InChI=1S/C19H14S2/c1-15-6-8-16(9-7-15)10-11-17(19-5-3-13-21-19)14-18-4-2-12-20-18/h2-9,12-14H,1H3/b17-14+. The second kappa shape index (κ2) is 6.58. The Morgan fingerprint density at radius 3 is 2.38 bits per heavy atom. The molecule has 0 nitrogen and oxygen atoms in total. The monoisotopic (exact) mass is 306 g/mol. The highest BCUT2D eigenvalue weighted by molar-refractivity contribution is 7.12. The Bertz CT molecular complexity index is 778. The molecule has 21 heavy (non-hydrogen) atoms. The van der Waals surface area contributed by atoms with E-state index in [0.29, 0.717) is 0 Å². The summed E-state index contributed by atoms with van der Waals surface area (Å²) < 4.78 is 0. The van der Waals surface area contributed by atoms with Crippen molar-refractivity contribution in [3.63, 3.8) is 0 Å². The molecule has 2 heterocycles. The first-order valence-corrected chi connectivity index (χ1v) is 8.45. The number of rotatable bonds is 2. The van der Waals surface area contributed by atoms with Gasteiger partial charge < -0.3 is 0 Å². The molecule has 1 aromatic carbocycles. The van der Waals surface area contributed by atoms with Crippen LogP contribution in [-0.2, 0) is 0 Å². The second-order valence-corrected chi connectivity index (χ2v) is 6.59. The van der Waals surface area contributed by atoms with Crippen molar-refractivity contribution in [3.05, 3.63) is 80.2 Å². The molecule has 0 bridgehead atoms. The van der Waals surface area contributed by atoms with Gasteiger partial charge in [0.05, 0.1) is 0 Å². The molecule has 0 aliphatic rings. The maximum atomic E-state index is 3.32. The van der Waals surface area contributed by atoms with E-state index in [1.807, 2.05) is 0 Å². The zero-order valence-electron chi connectivity index (χ0n) is 11.7. The third-order valence-electron chi connectivity index (χ3n) is 3.01. The summed E-state index contributed by atoms with van der Waals surface area (Å²) in [6.45, 7) is 2.09. The molecular weight excluding hydrogens is 292 g/mol. The minimum atomic E-state index is 1.05. The van der Waals surface area contributed by atoms with Gasteiger partial charge >= 0.3 is 0 Å². The van der Waals surface area contributed by atoms with Crippen molar-refractivity contribution in [2.75, 3.05) is 0 Å². The van der Waals surface area contributed by atoms with Gasteiger partial charge in [-0.2, -0.15) is 0 Å². The molecule has 0 aliphatic heterocycles. The first-order valence-electron chi connectivity index (χ1n) is 6.69. The van der Waals surface area contributed by atoms with E-state index >= 15 is 0 Å². The lowest BCUT2D eigenvalue weighted by Crippen LogP contribution is -1.78. The van der Waals surface area contributed by atoms with Crippen molar-refractivity contribution in [2.45, 2.75) is 6.92 Å². The second-order valence-electron chi connectivity index (χ2n) is 4.67. The van der Waals surface area contributed by atoms with Gasteiger partial charge in [-0.05, 0) is 48.0 Å². The summed E-state index contributed by atoms with van der Waals surface area (Å²) in [5.41, 5.74) is 3.38. The molecule has 2 aromatic heterocycles. The molecule has 0 aliphatic carbocycles. The molecule has 0 saturated carbocycles. The Hall–Kier alpha value is -2.08. The van der Waals surface area contributed by atoms with Crippen molar-refractivity contribution in [3.8, 4) is 11.8 Å². The van der Waals surface area contributed by atoms with Crippen LogP contribution in [0.3, 0.4) is 0 Å². The normalized spacial score (nSPS) is 11.0. The Morgan fingerprint density at radius 2 is 1.71 bits per heavy atom. The van der Waals surface area contributed by atoms with E-state index in [-0.39, 0.29) is 0 Å². The van der Waals surface area contributed by atoms with E-state index in [0.717, 1.165) is 11.1 Å². The number of thiophene rings is 2. The number of hydrogen-bond donors (Lipinski definition) is 0. The van der Waals surface area contributed by atoms with E-state index < -0.39 is 0 Å². The third-order valence-corrected chi connectivity index (χ3v) is 4.73. The van der Waals surface area contributed by atoms with Crippen LogP contribution in [0.25, 0.3) is 11.6 Å². The molecule has 0 radical (unpaired) electrons. The van der Waals surface area contributed by atoms with Crippen LogP contribution in [0.5, 0.6) is 0 Å². The van der Waals surface area contributed by atoms with E-state index in [1.54, 1.807) is 22.7 Å². The summed E-state index contributed by atoms with van der Waals surface area (Å²) in [4.78, 5) is 2.44. The zero-order valence-corrected chi connectivity index (χ0v) is 13.3. The van der Waals surface area contributed by atoms with Crippen LogP contribution in [-0.4, -0.2) is 0 Å². The molecular formula is C19H14S2. The first kappa shape index (κ1) is 13.9. The fourth-order valence-electron chi connectivity index (χ4n) is 1.89. The molecule has 0 unspecified atom stereocenters. The molecule has 0 amide bonds. The van der Waals surface area contributed by atoms with Crippen LogP contribution in [0, 0.1) is 18.8 Å². The van der Waals surface area contributed by atoms with Crippen molar-refractivity contribution in [1.29, 1.82) is 0 Å². The van der Waals surface area contributed by atoms with E-state index in [4.69, 9.17) is 0 Å². The Labute approximate surface area is 133 Å². The average molecular weight is 306 g/mol. The smallest absolute Gasteiger partial charge is 0.0435 e. The molecule has 0 spiro atoms. The number of allylic oxidation sites excluding steroid dienone is 1. The van der Waals surface area contributed by atoms with Crippen molar-refractivity contribution in [1.82, 2.24) is 0 Å². The Kier molecular flexibility index (Phi) is 4.35. The highest BCUT2D eigenvalue weighted by Crippen LogP contribution is 2.24. The average Bonchev–Trinajstić information content (AvgIpc) is 3.18. The van der Waals surface area contributed by atoms with E-state index in [9.17, 15) is 0 Å². The van der Waals surface area contributed by atoms with Gasteiger partial charge in [-0.1, -0.05) is 41.7 Å². The third kappa shape index (κ3) is 3.72. The van der Waals surface area contributed by atoms with Gasteiger partial charge in [-0.15, -0.1) is 22.7 Å². The van der Waals surface area contributed by atoms with Crippen molar-refractivity contribution in [2.24, 2.45) is 0 Å². The first-order chi connectivity index (χ1) is 10.3. The molecule has 3 aromatic rings. The molecule has 0 fully saturated rings. The van der Waals surface area contributed by atoms with Gasteiger partial charge in [0.1, 0.15) is 0 Å². The molecule has 0 atom stereocenters. The molecule has 0 N–H and O–H groups in total. The summed E-state index contributed by atoms with van der Waals surface area (Å²) in [6, 6.07) is 16.7. The van der Waals surface area contributed by atoms with Crippen LogP contribution in [0.4, 0.5) is 0 Å². The van der Waals surface area contributed by atoms with Crippen molar-refractivity contribution >= 4 is 34.3 Å². The lowest BCUT2D eigenvalue weighted by atomic mass is 10.1. The largest absolute Gasteiger partial charge is 0.144 e. The molecule has 3 rings (SSSR count). The van der Waals surface area contributed by atoms with Crippen LogP contribution < -0.4 is 0 Å². The fraction of sp³-hybridized carbons (Fsp3) is 0.0526. The number of benzene rings is 1. The summed E-state index contributed by atoms with van der Waals surface area (Å²) in [5.74, 6) is 6.59. The maximum Gasteiger partial charge on any atom is 0.0435 e. The summed E-state index contributed by atoms with van der Waals surface area (Å²) in [7, 11) is 0. The SMILES string of the molecule is Cc1ccc(C#C/C(=C\c2cccs2)c2cccs2)cc1. The lowest BCUT2D eigenvalue weighted by molar-refractivity contribution is 1.46. The molecule has 0 saturated heterocycles. The van der Waals surface area contributed by atoms with E-state index in [2.05, 4.69) is 84.1 Å². The van der Waals surface area contributed by atoms with Crippen LogP contribution in [0.15, 0.2) is 59.3 Å². The van der Waals surface area contributed by atoms with E-state index in [1.165, 1.54) is 15.3 Å². The quantitative estimate of drug-likeness (QED) is 0.532. The van der Waals surface area contributed by atoms with Gasteiger partial charge in [-0.3, -0.25) is 0 Å². The predicted molar refractivity (Wildman–Crippen MR) is 94.6 cm³/mol. The lowest BCUT2D eigenvalue weighted by Gasteiger charge is -1.96. The summed E-state index contributed by atoms with van der Waals surface area (Å²) >= 11 is 3.46. The van der Waals surface area contributed by atoms with Crippen LogP contribution >= 0.6 is 22.7 Å². The highest BCUT2D eigenvalue weighted by atomic mass is 32.1. The van der Waals surface area contributed by atoms with Gasteiger partial charge in [0.15, 0.2) is 0 Å². The van der Waals surface area contributed by atoms with Crippen LogP contribution in [0.1, 0.15) is 20.9 Å². The zero-order chi connectivity index (χ0) is 14.5. The molecule has 102 valence electrons.